The Morgan fingerprint density at radius 1 is 1.21 bits per heavy atom. The van der Waals surface area contributed by atoms with Gasteiger partial charge in [0, 0.05) is 13.1 Å². The lowest BCUT2D eigenvalue weighted by molar-refractivity contribution is -0.148. The van der Waals surface area contributed by atoms with E-state index in [0.29, 0.717) is 60.8 Å². The fourth-order valence-corrected chi connectivity index (χ4v) is 3.78. The van der Waals surface area contributed by atoms with Crippen LogP contribution in [0.5, 0.6) is 5.75 Å². The summed E-state index contributed by atoms with van der Waals surface area (Å²) in [4.78, 5) is 49.7. The third kappa shape index (κ3) is 3.04. The lowest BCUT2D eigenvalue weighted by atomic mass is 9.92. The van der Waals surface area contributed by atoms with Crippen molar-refractivity contribution in [2.75, 3.05) is 36.5 Å². The molecular weight excluding hydrogens is 364 g/mol. The van der Waals surface area contributed by atoms with Crippen molar-refractivity contribution in [2.45, 2.75) is 19.8 Å². The van der Waals surface area contributed by atoms with Crippen LogP contribution in [0.1, 0.15) is 19.8 Å². The number of piperidine rings is 1. The zero-order valence-electron chi connectivity index (χ0n) is 15.4. The molecule has 2 aromatic carbocycles. The van der Waals surface area contributed by atoms with Crippen LogP contribution in [0.3, 0.4) is 0 Å². The number of ether oxygens (including phenoxy) is 2. The minimum atomic E-state index is -0.526. The molecule has 0 bridgehead atoms. The Morgan fingerprint density at radius 2 is 1.96 bits per heavy atom. The van der Waals surface area contributed by atoms with E-state index < -0.39 is 10.9 Å². The maximum absolute atomic E-state index is 12.3. The molecule has 0 atom stereocenters. The molecule has 2 heterocycles. The standard InChI is InChI=1S/C20H20N2O6/c1-2-27-20(26)11-5-7-22(8-6-11)17-16(18(24)19(17)25)12-3-4-13-14(9-12)28-10-15(23)21-13/h3-4,9,11H,2,5-8,10H2,1H3,(H,21,23). The summed E-state index contributed by atoms with van der Waals surface area (Å²) in [6.07, 6.45) is 1.16. The zero-order chi connectivity index (χ0) is 19.8. The van der Waals surface area contributed by atoms with Crippen molar-refractivity contribution >= 4 is 23.3 Å². The smallest absolute Gasteiger partial charge is 0.309 e. The van der Waals surface area contributed by atoms with Crippen LogP contribution in [0.15, 0.2) is 27.8 Å². The number of hydrogen-bond donors (Lipinski definition) is 1. The summed E-state index contributed by atoms with van der Waals surface area (Å²) in [5.41, 5.74) is 0.853. The average molecular weight is 384 g/mol. The van der Waals surface area contributed by atoms with Gasteiger partial charge in [-0.05, 0) is 37.5 Å². The Balaban J connectivity index is 1.57. The second-order valence-electron chi connectivity index (χ2n) is 6.94. The highest BCUT2D eigenvalue weighted by Crippen LogP contribution is 2.36. The van der Waals surface area contributed by atoms with Crippen LogP contribution < -0.4 is 25.8 Å². The van der Waals surface area contributed by atoms with Gasteiger partial charge in [0.05, 0.1) is 23.8 Å². The minimum Gasteiger partial charge on any atom is -0.482 e. The van der Waals surface area contributed by atoms with Gasteiger partial charge < -0.3 is 19.7 Å². The Hall–Kier alpha value is -3.16. The summed E-state index contributed by atoms with van der Waals surface area (Å²) in [5, 5.41) is 2.70. The number of anilines is 2. The number of amides is 1. The minimum absolute atomic E-state index is 0.0867. The van der Waals surface area contributed by atoms with Crippen molar-refractivity contribution in [3.63, 3.8) is 0 Å². The van der Waals surface area contributed by atoms with Crippen molar-refractivity contribution in [1.82, 2.24) is 0 Å². The normalized spacial score (nSPS) is 17.0. The Kier molecular flexibility index (Phi) is 4.62. The Bertz CT molecular complexity index is 1010. The van der Waals surface area contributed by atoms with E-state index in [1.807, 2.05) is 4.90 Å². The summed E-state index contributed by atoms with van der Waals surface area (Å²) in [6.45, 7) is 3.06. The molecule has 1 saturated heterocycles. The van der Waals surface area contributed by atoms with E-state index in [9.17, 15) is 19.2 Å². The number of fused-ring (bicyclic) bond motifs is 1. The largest absolute Gasteiger partial charge is 0.482 e. The van der Waals surface area contributed by atoms with Gasteiger partial charge in [-0.25, -0.2) is 0 Å². The Morgan fingerprint density at radius 3 is 2.68 bits per heavy atom. The van der Waals surface area contributed by atoms with Gasteiger partial charge in [-0.1, -0.05) is 6.07 Å². The zero-order valence-corrected chi connectivity index (χ0v) is 15.4. The lowest BCUT2D eigenvalue weighted by Crippen LogP contribution is -2.46. The van der Waals surface area contributed by atoms with Crippen LogP contribution in [0.25, 0.3) is 11.1 Å². The quantitative estimate of drug-likeness (QED) is 0.621. The molecule has 1 fully saturated rings. The highest BCUT2D eigenvalue weighted by Gasteiger charge is 2.32. The molecule has 4 rings (SSSR count). The molecule has 0 unspecified atom stereocenters. The van der Waals surface area contributed by atoms with Crippen molar-refractivity contribution < 1.29 is 19.1 Å². The van der Waals surface area contributed by atoms with Crippen molar-refractivity contribution in [2.24, 2.45) is 5.92 Å². The SMILES string of the molecule is CCOC(=O)C1CCN(c2c(-c3ccc4c(c3)OCC(=O)N4)c(=O)c2=O)CC1. The first-order valence-electron chi connectivity index (χ1n) is 9.31. The van der Waals surface area contributed by atoms with Crippen LogP contribution in [-0.2, 0) is 14.3 Å². The molecule has 2 aliphatic heterocycles. The molecule has 2 aliphatic rings. The van der Waals surface area contributed by atoms with Crippen LogP contribution >= 0.6 is 0 Å². The third-order valence-electron chi connectivity index (χ3n) is 5.22. The molecule has 1 amide bonds. The van der Waals surface area contributed by atoms with Crippen molar-refractivity contribution in [1.29, 1.82) is 0 Å². The van der Waals surface area contributed by atoms with E-state index in [0.717, 1.165) is 0 Å². The van der Waals surface area contributed by atoms with Crippen molar-refractivity contribution in [3.8, 4) is 16.9 Å². The van der Waals surface area contributed by atoms with Crippen LogP contribution in [0.2, 0.25) is 0 Å². The number of rotatable bonds is 4. The monoisotopic (exact) mass is 384 g/mol. The van der Waals surface area contributed by atoms with Crippen molar-refractivity contribution in [3.05, 3.63) is 38.6 Å². The topological polar surface area (TPSA) is 102 Å². The molecule has 146 valence electrons. The molecule has 1 N–H and O–H groups in total. The first-order valence-corrected chi connectivity index (χ1v) is 9.31. The molecule has 8 nitrogen and oxygen atoms in total. The molecule has 2 aromatic rings. The van der Waals surface area contributed by atoms with E-state index in [1.165, 1.54) is 0 Å². The van der Waals surface area contributed by atoms with Crippen LogP contribution in [0.4, 0.5) is 11.4 Å². The molecule has 0 aromatic heterocycles. The van der Waals surface area contributed by atoms with Gasteiger partial charge in [0.25, 0.3) is 5.91 Å². The number of carbonyl (C=O) groups is 2. The first kappa shape index (κ1) is 18.2. The predicted molar refractivity (Wildman–Crippen MR) is 102 cm³/mol. The summed E-state index contributed by atoms with van der Waals surface area (Å²) in [6, 6.07) is 5.02. The van der Waals surface area contributed by atoms with Gasteiger partial charge in [-0.15, -0.1) is 0 Å². The fourth-order valence-electron chi connectivity index (χ4n) is 3.78. The lowest BCUT2D eigenvalue weighted by Gasteiger charge is -2.34. The summed E-state index contributed by atoms with van der Waals surface area (Å²) < 4.78 is 10.5. The van der Waals surface area contributed by atoms with Gasteiger partial charge in [-0.3, -0.25) is 19.2 Å². The van der Waals surface area contributed by atoms with E-state index in [2.05, 4.69) is 5.32 Å². The van der Waals surface area contributed by atoms with Crippen LogP contribution in [-0.4, -0.2) is 38.2 Å². The summed E-state index contributed by atoms with van der Waals surface area (Å²) >= 11 is 0. The molecule has 0 spiro atoms. The number of benzene rings is 1. The number of hydrogen-bond acceptors (Lipinski definition) is 7. The highest BCUT2D eigenvalue weighted by molar-refractivity contribution is 5.96. The maximum atomic E-state index is 12.3. The van der Waals surface area contributed by atoms with E-state index in [-0.39, 0.29) is 24.4 Å². The molecule has 8 heteroatoms. The Labute approximate surface area is 160 Å². The van der Waals surface area contributed by atoms with Gasteiger partial charge in [-0.2, -0.15) is 0 Å². The second kappa shape index (κ2) is 7.10. The first-order chi connectivity index (χ1) is 13.5. The number of carbonyl (C=O) groups excluding carboxylic acids is 2. The highest BCUT2D eigenvalue weighted by atomic mass is 16.5. The van der Waals surface area contributed by atoms with E-state index >= 15 is 0 Å². The van der Waals surface area contributed by atoms with Gasteiger partial charge >= 0.3 is 5.97 Å². The molecule has 0 aliphatic carbocycles. The third-order valence-corrected chi connectivity index (χ3v) is 5.22. The number of nitrogens with one attached hydrogen (secondary N) is 1. The molecular formula is C20H20N2O6. The summed E-state index contributed by atoms with van der Waals surface area (Å²) in [5.74, 6) is -0.148. The van der Waals surface area contributed by atoms with E-state index in [4.69, 9.17) is 9.47 Å². The van der Waals surface area contributed by atoms with E-state index in [1.54, 1.807) is 25.1 Å². The average Bonchev–Trinajstić information content (AvgIpc) is 2.71. The predicted octanol–water partition coefficient (Wildman–Crippen LogP) is 1.06. The van der Waals surface area contributed by atoms with Crippen LogP contribution in [0, 0.1) is 5.92 Å². The summed E-state index contributed by atoms with van der Waals surface area (Å²) in [7, 11) is 0. The molecule has 28 heavy (non-hydrogen) atoms. The molecule has 0 radical (unpaired) electrons. The second-order valence-corrected chi connectivity index (χ2v) is 6.94. The fraction of sp³-hybridized carbons (Fsp3) is 0.400. The van der Waals surface area contributed by atoms with Gasteiger partial charge in [0.15, 0.2) is 6.61 Å². The number of esters is 1. The number of nitrogens with zero attached hydrogens (tertiary/aromatic N) is 1. The van der Waals surface area contributed by atoms with Gasteiger partial charge in [0.1, 0.15) is 11.4 Å². The van der Waals surface area contributed by atoms with Gasteiger partial charge in [0.2, 0.25) is 10.9 Å². The molecule has 0 saturated carbocycles. The maximum Gasteiger partial charge on any atom is 0.309 e.